The van der Waals surface area contributed by atoms with Crippen molar-refractivity contribution in [2.45, 2.75) is 60.0 Å². The van der Waals surface area contributed by atoms with Gasteiger partial charge in [-0.1, -0.05) is 29.2 Å². The average Bonchev–Trinajstić information content (AvgIpc) is 3.62. The van der Waals surface area contributed by atoms with Crippen LogP contribution in [-0.2, 0) is 14.9 Å². The van der Waals surface area contributed by atoms with E-state index >= 15 is 4.39 Å². The third-order valence-corrected chi connectivity index (χ3v) is 10.2. The van der Waals surface area contributed by atoms with Gasteiger partial charge in [0, 0.05) is 43.3 Å². The number of amides is 1. The van der Waals surface area contributed by atoms with E-state index in [1.165, 1.54) is 29.3 Å². The Morgan fingerprint density at radius 1 is 1.13 bits per heavy atom. The van der Waals surface area contributed by atoms with Gasteiger partial charge < -0.3 is 25.0 Å². The quantitative estimate of drug-likeness (QED) is 0.226. The number of carbonyl (C=O) groups excluding carboxylic acids is 1. The Bertz CT molecular complexity index is 1630. The molecule has 6 heterocycles. The number of nitrogens with zero attached hydrogens (tertiary/aromatic N) is 5. The van der Waals surface area contributed by atoms with Gasteiger partial charge in [-0.25, -0.2) is 19.3 Å². The minimum absolute atomic E-state index is 0.0303. The van der Waals surface area contributed by atoms with E-state index in [4.69, 9.17) is 9.47 Å². The molecule has 10 nitrogen and oxygen atoms in total. The highest BCUT2D eigenvalue weighted by Crippen LogP contribution is 2.38. The number of nitrogens with one attached hydrogen (secondary N) is 2. The van der Waals surface area contributed by atoms with E-state index in [0.29, 0.717) is 29.0 Å². The first-order valence-electron chi connectivity index (χ1n) is 14.9. The number of pyridine rings is 3. The lowest BCUT2D eigenvalue weighted by Crippen LogP contribution is -2.50. The van der Waals surface area contributed by atoms with Crippen LogP contribution in [0.5, 0.6) is 0 Å². The molecule has 0 aromatic carbocycles. The number of aryl methyl sites for hydroxylation is 1. The molecule has 1 amide bonds. The summed E-state index contributed by atoms with van der Waals surface area (Å²) < 4.78 is 28.2. The van der Waals surface area contributed by atoms with Crippen LogP contribution in [0, 0.1) is 12.7 Å². The zero-order valence-electron chi connectivity index (χ0n) is 25.5. The molecule has 236 valence electrons. The van der Waals surface area contributed by atoms with Gasteiger partial charge in [-0.05, 0) is 82.1 Å². The van der Waals surface area contributed by atoms with Crippen molar-refractivity contribution < 1.29 is 18.7 Å². The summed E-state index contributed by atoms with van der Waals surface area (Å²) in [5, 5.41) is 6.82. The van der Waals surface area contributed by atoms with Gasteiger partial charge in [0.05, 0.1) is 28.0 Å². The Balaban J connectivity index is 1.10. The topological polar surface area (TPSA) is 114 Å². The predicted molar refractivity (Wildman–Crippen MR) is 172 cm³/mol. The fourth-order valence-electron chi connectivity index (χ4n) is 5.73. The molecule has 2 N–H and O–H groups in total. The van der Waals surface area contributed by atoms with Crippen LogP contribution in [0.25, 0.3) is 0 Å². The summed E-state index contributed by atoms with van der Waals surface area (Å²) >= 11 is 2.58. The second kappa shape index (κ2) is 13.5. The maximum Gasteiger partial charge on any atom is 0.273 e. The number of likely N-dealkylation sites (tertiary alicyclic amines) is 1. The van der Waals surface area contributed by atoms with E-state index in [2.05, 4.69) is 41.5 Å². The second-order valence-electron chi connectivity index (χ2n) is 11.9. The van der Waals surface area contributed by atoms with Crippen LogP contribution in [0.3, 0.4) is 0 Å². The first kappa shape index (κ1) is 31.5. The first-order chi connectivity index (χ1) is 21.7. The number of anilines is 2. The first-order valence-corrected chi connectivity index (χ1v) is 16.5. The number of rotatable bonds is 10. The van der Waals surface area contributed by atoms with Gasteiger partial charge in [0.1, 0.15) is 5.82 Å². The minimum atomic E-state index is -0.657. The van der Waals surface area contributed by atoms with E-state index in [1.54, 1.807) is 24.7 Å². The van der Waals surface area contributed by atoms with Gasteiger partial charge in [-0.2, -0.15) is 0 Å². The number of piperidine rings is 1. The number of halogens is 1. The Labute approximate surface area is 270 Å². The number of thiazole rings is 1. The van der Waals surface area contributed by atoms with Gasteiger partial charge in [0.2, 0.25) is 0 Å². The monoisotopic (exact) mass is 649 g/mol. The Hall–Kier alpha value is -3.49. The molecule has 2 saturated heterocycles. The van der Waals surface area contributed by atoms with Crippen molar-refractivity contribution in [3.63, 3.8) is 0 Å². The Kier molecular flexibility index (Phi) is 9.43. The van der Waals surface area contributed by atoms with Gasteiger partial charge in [-0.3, -0.25) is 9.78 Å². The van der Waals surface area contributed by atoms with Gasteiger partial charge in [0.15, 0.2) is 22.4 Å². The average molecular weight is 650 g/mol. The van der Waals surface area contributed by atoms with E-state index in [0.717, 1.165) is 47.8 Å². The molecule has 1 unspecified atom stereocenters. The lowest BCUT2D eigenvalue weighted by atomic mass is 9.73. The van der Waals surface area contributed by atoms with Crippen molar-refractivity contribution in [3.8, 4) is 0 Å². The van der Waals surface area contributed by atoms with Crippen LogP contribution < -0.4 is 10.6 Å². The van der Waals surface area contributed by atoms with Crippen molar-refractivity contribution in [2.24, 2.45) is 0 Å². The Morgan fingerprint density at radius 2 is 1.96 bits per heavy atom. The summed E-state index contributed by atoms with van der Waals surface area (Å²) in [7, 11) is 0. The normalized spacial score (nSPS) is 19.3. The Morgan fingerprint density at radius 3 is 2.69 bits per heavy atom. The summed E-state index contributed by atoms with van der Waals surface area (Å²) in [6, 6.07) is 9.37. The molecule has 45 heavy (non-hydrogen) atoms. The third kappa shape index (κ3) is 7.67. The van der Waals surface area contributed by atoms with Crippen molar-refractivity contribution in [2.75, 3.05) is 38.1 Å². The highest BCUT2D eigenvalue weighted by molar-refractivity contribution is 8.01. The zero-order chi connectivity index (χ0) is 31.4. The van der Waals surface area contributed by atoms with Crippen LogP contribution >= 0.6 is 23.1 Å². The van der Waals surface area contributed by atoms with Crippen LogP contribution in [0.1, 0.15) is 48.3 Å². The largest absolute Gasteiger partial charge is 0.350 e. The highest BCUT2D eigenvalue weighted by Gasteiger charge is 2.39. The van der Waals surface area contributed by atoms with Crippen LogP contribution in [-0.4, -0.2) is 75.4 Å². The molecular weight excluding hydrogens is 614 g/mol. The number of hydrogen-bond donors (Lipinski definition) is 2. The summed E-state index contributed by atoms with van der Waals surface area (Å²) in [5.74, 6) is -1.07. The van der Waals surface area contributed by atoms with E-state index in [-0.39, 0.29) is 17.2 Å². The van der Waals surface area contributed by atoms with Crippen LogP contribution in [0.2, 0.25) is 0 Å². The molecule has 1 atom stereocenters. The van der Waals surface area contributed by atoms with Gasteiger partial charge in [0.25, 0.3) is 5.91 Å². The van der Waals surface area contributed by atoms with Crippen molar-refractivity contribution in [3.05, 3.63) is 84.0 Å². The number of ether oxygens (including phenoxy) is 2. The smallest absolute Gasteiger partial charge is 0.273 e. The molecule has 13 heteroatoms. The third-order valence-electron chi connectivity index (χ3n) is 8.12. The fourth-order valence-corrected chi connectivity index (χ4v) is 7.60. The summed E-state index contributed by atoms with van der Waals surface area (Å²) in [6.45, 7) is 9.23. The zero-order valence-corrected chi connectivity index (χ0v) is 27.1. The number of carbonyl (C=O) groups is 1. The SMILES string of the molecule is Cc1ccnc(Nc2ncc(Sc3ccnc(C(=O)NCC4(c5cccnc5)CCN(CC5COC(C)(C)O5)CC4)c3F)s2)c1. The molecule has 0 radical (unpaired) electrons. The second-order valence-corrected chi connectivity index (χ2v) is 14.2. The maximum absolute atomic E-state index is 15.7. The number of hydrogen-bond acceptors (Lipinski definition) is 11. The van der Waals surface area contributed by atoms with Crippen molar-refractivity contribution >= 4 is 40.0 Å². The molecule has 4 aromatic heterocycles. The summed E-state index contributed by atoms with van der Waals surface area (Å²) in [4.78, 5) is 33.2. The van der Waals surface area contributed by atoms with Crippen molar-refractivity contribution in [1.29, 1.82) is 0 Å². The van der Waals surface area contributed by atoms with Gasteiger partial charge in [-0.15, -0.1) is 0 Å². The minimum Gasteiger partial charge on any atom is -0.350 e. The molecule has 2 aliphatic heterocycles. The predicted octanol–water partition coefficient (Wildman–Crippen LogP) is 5.59. The molecular formula is C32H36FN7O3S2. The molecule has 0 spiro atoms. The molecule has 4 aromatic rings. The lowest BCUT2D eigenvalue weighted by molar-refractivity contribution is -0.140. The summed E-state index contributed by atoms with van der Waals surface area (Å²) in [6.07, 6.45) is 10.1. The lowest BCUT2D eigenvalue weighted by Gasteiger charge is -2.42. The van der Waals surface area contributed by atoms with Crippen LogP contribution in [0.15, 0.2) is 70.4 Å². The van der Waals surface area contributed by atoms with E-state index in [9.17, 15) is 4.79 Å². The van der Waals surface area contributed by atoms with E-state index in [1.807, 2.05) is 45.2 Å². The molecule has 0 bridgehead atoms. The standard InChI is InChI=1S/C32H36FN7O3S2/c1-21-6-11-35-25(15-21)39-30-37-17-26(45-30)44-24-7-12-36-28(27(24)33)29(41)38-20-32(22-5-4-10-34-16-22)8-13-40(14-9-32)18-23-19-42-31(2,3)43-23/h4-7,10-12,15-17,23H,8-9,13-14,18-20H2,1-3H3,(H,38,41)(H,35,37,39). The number of aromatic nitrogens is 4. The summed E-state index contributed by atoms with van der Waals surface area (Å²) in [5.41, 5.74) is 1.56. The molecule has 0 aliphatic carbocycles. The molecule has 6 rings (SSSR count). The maximum atomic E-state index is 15.7. The highest BCUT2D eigenvalue weighted by atomic mass is 32.2. The van der Waals surface area contributed by atoms with E-state index < -0.39 is 17.5 Å². The molecule has 0 saturated carbocycles. The van der Waals surface area contributed by atoms with Crippen molar-refractivity contribution in [1.82, 2.24) is 30.2 Å². The fraction of sp³-hybridized carbons (Fsp3) is 0.406. The van der Waals surface area contributed by atoms with Gasteiger partial charge >= 0.3 is 0 Å². The van der Waals surface area contributed by atoms with Crippen LogP contribution in [0.4, 0.5) is 15.3 Å². The molecule has 2 aliphatic rings. The molecule has 2 fully saturated rings.